The predicted molar refractivity (Wildman–Crippen MR) is 68.9 cm³/mol. The number of hydrogen-bond acceptors (Lipinski definition) is 3. The third-order valence-electron chi connectivity index (χ3n) is 3.04. The number of carbonyl (C=O) groups is 2. The van der Waals surface area contributed by atoms with Gasteiger partial charge in [-0.25, -0.2) is 0 Å². The number of aromatic nitrogens is 2. The van der Waals surface area contributed by atoms with Crippen LogP contribution in [0.25, 0.3) is 0 Å². The zero-order valence-corrected chi connectivity index (χ0v) is 12.1. The van der Waals surface area contributed by atoms with Crippen molar-refractivity contribution in [3.63, 3.8) is 0 Å². The summed E-state index contributed by atoms with van der Waals surface area (Å²) < 4.78 is 2.31. The van der Waals surface area contributed by atoms with Gasteiger partial charge in [0.25, 0.3) is 0 Å². The maximum Gasteiger partial charge on any atom is 0.319 e. The Balaban J connectivity index is 3.21. The number of nitrogens with two attached hydrogens (primary N) is 1. The molecule has 0 spiro atoms. The summed E-state index contributed by atoms with van der Waals surface area (Å²) in [6, 6.07) is 0. The first-order valence-corrected chi connectivity index (χ1v) is 6.26. The summed E-state index contributed by atoms with van der Waals surface area (Å²) in [5.74, 6) is -2.10. The summed E-state index contributed by atoms with van der Waals surface area (Å²) in [4.78, 5) is 22.6. The zero-order valence-electron chi connectivity index (χ0n) is 10.5. The van der Waals surface area contributed by atoms with E-state index >= 15 is 0 Å². The molecular formula is C11H16BrN3O3. The van der Waals surface area contributed by atoms with Gasteiger partial charge in [0.15, 0.2) is 0 Å². The fourth-order valence-electron chi connectivity index (χ4n) is 1.61. The molecule has 1 aromatic heterocycles. The summed E-state index contributed by atoms with van der Waals surface area (Å²) in [6.07, 6.45) is 0.719. The van der Waals surface area contributed by atoms with Crippen LogP contribution >= 0.6 is 15.9 Å². The fraction of sp³-hybridized carbons (Fsp3) is 0.545. The molecule has 6 nitrogen and oxygen atoms in total. The van der Waals surface area contributed by atoms with E-state index in [1.54, 1.807) is 11.7 Å². The van der Waals surface area contributed by atoms with Crippen molar-refractivity contribution < 1.29 is 14.7 Å². The van der Waals surface area contributed by atoms with E-state index in [9.17, 15) is 9.59 Å². The lowest BCUT2D eigenvalue weighted by Gasteiger charge is -2.20. The number of nitrogens with zero attached hydrogens (tertiary/aromatic N) is 2. The Bertz CT molecular complexity index is 482. The Morgan fingerprint density at radius 2 is 2.11 bits per heavy atom. The molecule has 0 aliphatic rings. The first-order valence-electron chi connectivity index (χ1n) is 5.47. The molecular weight excluding hydrogens is 302 g/mol. The first-order chi connectivity index (χ1) is 8.24. The number of hydrogen-bond donors (Lipinski definition) is 2. The lowest BCUT2D eigenvalue weighted by Crippen LogP contribution is -2.43. The number of primary amides is 1. The predicted octanol–water partition coefficient (Wildman–Crippen LogP) is 0.864. The van der Waals surface area contributed by atoms with Gasteiger partial charge in [-0.2, -0.15) is 5.10 Å². The Morgan fingerprint density at radius 1 is 1.56 bits per heavy atom. The van der Waals surface area contributed by atoms with Gasteiger partial charge in [0.05, 0.1) is 15.9 Å². The molecule has 0 aliphatic carbocycles. The monoisotopic (exact) mass is 317 g/mol. The Morgan fingerprint density at radius 3 is 2.44 bits per heavy atom. The Hall–Kier alpha value is -1.37. The minimum atomic E-state index is -1.64. The third-order valence-corrected chi connectivity index (χ3v) is 3.96. The van der Waals surface area contributed by atoms with Crippen LogP contribution in [0.4, 0.5) is 0 Å². The topological polar surface area (TPSA) is 98.2 Å². The molecule has 0 saturated carbocycles. The molecule has 0 bridgehead atoms. The van der Waals surface area contributed by atoms with Crippen LogP contribution < -0.4 is 5.73 Å². The summed E-state index contributed by atoms with van der Waals surface area (Å²) in [5.41, 5.74) is 5.03. The van der Waals surface area contributed by atoms with Gasteiger partial charge < -0.3 is 10.8 Å². The number of aliphatic carboxylic acids is 1. The average Bonchev–Trinajstić information content (AvgIpc) is 2.55. The maximum atomic E-state index is 11.4. The van der Waals surface area contributed by atoms with E-state index in [1.165, 1.54) is 6.92 Å². The lowest BCUT2D eigenvalue weighted by atomic mass is 9.84. The third kappa shape index (κ3) is 2.40. The average molecular weight is 318 g/mol. The zero-order chi connectivity index (χ0) is 14.1. The van der Waals surface area contributed by atoms with Gasteiger partial charge in [0, 0.05) is 13.5 Å². The summed E-state index contributed by atoms with van der Waals surface area (Å²) in [5, 5.41) is 13.4. The lowest BCUT2D eigenvalue weighted by molar-refractivity contribution is -0.153. The summed E-state index contributed by atoms with van der Waals surface area (Å²) >= 11 is 3.38. The highest BCUT2D eigenvalue weighted by Gasteiger charge is 2.41. The van der Waals surface area contributed by atoms with E-state index in [2.05, 4.69) is 21.0 Å². The number of carboxylic acid groups (broad SMARTS) is 1. The minimum absolute atomic E-state index is 0.00174. The Labute approximate surface area is 113 Å². The molecule has 1 atom stereocenters. The molecule has 0 aromatic carbocycles. The van der Waals surface area contributed by atoms with Crippen molar-refractivity contribution in [2.45, 2.75) is 26.7 Å². The van der Waals surface area contributed by atoms with Crippen molar-refractivity contribution in [2.75, 3.05) is 0 Å². The van der Waals surface area contributed by atoms with Crippen molar-refractivity contribution in [2.24, 2.45) is 18.2 Å². The maximum absolute atomic E-state index is 11.4. The highest BCUT2D eigenvalue weighted by atomic mass is 79.9. The van der Waals surface area contributed by atoms with Crippen molar-refractivity contribution in [1.29, 1.82) is 0 Å². The van der Waals surface area contributed by atoms with Gasteiger partial charge in [-0.1, -0.05) is 6.92 Å². The molecule has 1 heterocycles. The molecule has 1 unspecified atom stereocenters. The second-order valence-electron chi connectivity index (χ2n) is 4.36. The van der Waals surface area contributed by atoms with Crippen LogP contribution in [0, 0.1) is 5.41 Å². The SMILES string of the molecule is CCc1nn(C)c(CC(C)(C(N)=O)C(=O)O)c1Br. The molecule has 1 amide bonds. The van der Waals surface area contributed by atoms with Crippen LogP contribution in [0.3, 0.4) is 0 Å². The number of carbonyl (C=O) groups excluding carboxylic acids is 1. The molecule has 7 heteroatoms. The van der Waals surface area contributed by atoms with Crippen LogP contribution in [-0.2, 0) is 29.5 Å². The van der Waals surface area contributed by atoms with E-state index < -0.39 is 17.3 Å². The second kappa shape index (κ2) is 5.09. The normalized spacial score (nSPS) is 14.2. The quantitative estimate of drug-likeness (QED) is 0.787. The molecule has 0 radical (unpaired) electrons. The molecule has 100 valence electrons. The number of aryl methyl sites for hydroxylation is 2. The second-order valence-corrected chi connectivity index (χ2v) is 5.16. The van der Waals surface area contributed by atoms with E-state index in [1.807, 2.05) is 6.92 Å². The molecule has 18 heavy (non-hydrogen) atoms. The highest BCUT2D eigenvalue weighted by molar-refractivity contribution is 9.10. The fourth-order valence-corrected chi connectivity index (χ4v) is 2.37. The van der Waals surface area contributed by atoms with Crippen molar-refractivity contribution in [1.82, 2.24) is 9.78 Å². The number of halogens is 1. The molecule has 3 N–H and O–H groups in total. The van der Waals surface area contributed by atoms with Gasteiger partial charge in [-0.15, -0.1) is 0 Å². The van der Waals surface area contributed by atoms with Gasteiger partial charge in [0.2, 0.25) is 5.91 Å². The van der Waals surface area contributed by atoms with E-state index in [0.717, 1.165) is 16.6 Å². The summed E-state index contributed by atoms with van der Waals surface area (Å²) in [6.45, 7) is 3.27. The molecule has 1 aromatic rings. The summed E-state index contributed by atoms with van der Waals surface area (Å²) in [7, 11) is 1.71. The van der Waals surface area contributed by atoms with Crippen molar-refractivity contribution in [3.05, 3.63) is 15.9 Å². The molecule has 0 fully saturated rings. The Kier molecular flexibility index (Phi) is 4.16. The van der Waals surface area contributed by atoms with E-state index in [4.69, 9.17) is 10.8 Å². The smallest absolute Gasteiger partial charge is 0.319 e. The minimum Gasteiger partial charge on any atom is -0.480 e. The van der Waals surface area contributed by atoms with E-state index in [-0.39, 0.29) is 6.42 Å². The van der Waals surface area contributed by atoms with Crippen LogP contribution in [0.15, 0.2) is 4.47 Å². The number of rotatable bonds is 5. The van der Waals surface area contributed by atoms with Crippen molar-refractivity contribution >= 4 is 27.8 Å². The molecule has 0 aliphatic heterocycles. The van der Waals surface area contributed by atoms with Crippen LogP contribution in [0.1, 0.15) is 25.2 Å². The molecule has 1 rings (SSSR count). The number of amides is 1. The van der Waals surface area contributed by atoms with Crippen molar-refractivity contribution in [3.8, 4) is 0 Å². The van der Waals surface area contributed by atoms with Crippen LogP contribution in [0.2, 0.25) is 0 Å². The largest absolute Gasteiger partial charge is 0.480 e. The van der Waals surface area contributed by atoms with Gasteiger partial charge in [0.1, 0.15) is 5.41 Å². The van der Waals surface area contributed by atoms with Gasteiger partial charge >= 0.3 is 5.97 Å². The standard InChI is InChI=1S/C11H16BrN3O3/c1-4-6-8(12)7(15(3)14-6)5-11(2,9(13)16)10(17)18/h4-5H2,1-3H3,(H2,13,16)(H,17,18). The first kappa shape index (κ1) is 14.7. The van der Waals surface area contributed by atoms with E-state index in [0.29, 0.717) is 5.69 Å². The van der Waals surface area contributed by atoms with Gasteiger partial charge in [-0.3, -0.25) is 14.3 Å². The van der Waals surface area contributed by atoms with Crippen LogP contribution in [0.5, 0.6) is 0 Å². The molecule has 0 saturated heterocycles. The highest BCUT2D eigenvalue weighted by Crippen LogP contribution is 2.29. The van der Waals surface area contributed by atoms with Gasteiger partial charge in [-0.05, 0) is 29.3 Å². The number of carboxylic acids is 1. The van der Waals surface area contributed by atoms with Crippen LogP contribution in [-0.4, -0.2) is 26.8 Å².